The fraction of sp³-hybridized carbons (Fsp3) is 0.786. The van der Waals surface area contributed by atoms with Gasteiger partial charge in [-0.2, -0.15) is 4.37 Å². The summed E-state index contributed by atoms with van der Waals surface area (Å²) in [7, 11) is 0. The highest BCUT2D eigenvalue weighted by molar-refractivity contribution is 7.05. The predicted molar refractivity (Wildman–Crippen MR) is 73.5 cm³/mol. The van der Waals surface area contributed by atoms with Crippen LogP contribution in [0, 0.1) is 6.92 Å². The molecule has 92 valence electrons. The summed E-state index contributed by atoms with van der Waals surface area (Å²) in [6.07, 6.45) is 2.46. The van der Waals surface area contributed by atoms with Gasteiger partial charge < -0.3 is 0 Å². The Morgan fingerprint density at radius 3 is 2.12 bits per heavy atom. The van der Waals surface area contributed by atoms with Crippen LogP contribution < -0.4 is 0 Å². The van der Waals surface area contributed by atoms with Crippen molar-refractivity contribution in [1.82, 2.24) is 4.37 Å². The van der Waals surface area contributed by atoms with E-state index >= 15 is 0 Å². The molecule has 0 saturated heterocycles. The van der Waals surface area contributed by atoms with Gasteiger partial charge in [0.15, 0.2) is 0 Å². The van der Waals surface area contributed by atoms with Crippen molar-refractivity contribution < 1.29 is 0 Å². The summed E-state index contributed by atoms with van der Waals surface area (Å²) < 4.78 is 4.68. The molecule has 1 aromatic rings. The average Bonchev–Trinajstić information content (AvgIpc) is 2.46. The second-order valence-electron chi connectivity index (χ2n) is 6.35. The van der Waals surface area contributed by atoms with Crippen LogP contribution in [0.15, 0.2) is 0 Å². The van der Waals surface area contributed by atoms with Crippen LogP contribution >= 0.6 is 11.5 Å². The molecule has 0 spiro atoms. The number of rotatable bonds is 3. The van der Waals surface area contributed by atoms with Gasteiger partial charge in [-0.3, -0.25) is 0 Å². The van der Waals surface area contributed by atoms with E-state index in [0.29, 0.717) is 0 Å². The van der Waals surface area contributed by atoms with Gasteiger partial charge in [0.05, 0.1) is 5.69 Å². The van der Waals surface area contributed by atoms with Crippen LogP contribution in [-0.2, 0) is 10.8 Å². The third-order valence-electron chi connectivity index (χ3n) is 3.12. The Kier molecular flexibility index (Phi) is 3.83. The minimum Gasteiger partial charge on any atom is -0.197 e. The zero-order valence-corrected chi connectivity index (χ0v) is 12.6. The third kappa shape index (κ3) is 2.65. The smallest absolute Gasteiger partial charge is 0.0635 e. The quantitative estimate of drug-likeness (QED) is 0.736. The Bertz CT molecular complexity index is 355. The molecule has 1 aromatic heterocycles. The van der Waals surface area contributed by atoms with Gasteiger partial charge in [0.2, 0.25) is 0 Å². The van der Waals surface area contributed by atoms with E-state index in [4.69, 9.17) is 0 Å². The van der Waals surface area contributed by atoms with Crippen LogP contribution in [0.2, 0.25) is 0 Å². The lowest BCUT2D eigenvalue weighted by Crippen LogP contribution is -2.24. The molecule has 0 fully saturated rings. The molecule has 0 aromatic carbocycles. The Balaban J connectivity index is 3.27. The van der Waals surface area contributed by atoms with E-state index in [2.05, 4.69) is 52.8 Å². The second kappa shape index (κ2) is 4.48. The lowest BCUT2D eigenvalue weighted by molar-refractivity contribution is 0.450. The van der Waals surface area contributed by atoms with E-state index in [1.54, 1.807) is 11.5 Å². The first-order valence-electron chi connectivity index (χ1n) is 6.17. The molecule has 0 aliphatic carbocycles. The molecule has 1 rings (SSSR count). The van der Waals surface area contributed by atoms with E-state index in [-0.39, 0.29) is 10.8 Å². The number of aromatic nitrogens is 1. The van der Waals surface area contributed by atoms with E-state index in [1.165, 1.54) is 29.0 Å². The largest absolute Gasteiger partial charge is 0.197 e. The van der Waals surface area contributed by atoms with Crippen LogP contribution in [0.25, 0.3) is 0 Å². The summed E-state index contributed by atoms with van der Waals surface area (Å²) >= 11 is 1.66. The summed E-state index contributed by atoms with van der Waals surface area (Å²) in [5.41, 5.74) is 3.21. The number of hydrogen-bond acceptors (Lipinski definition) is 2. The van der Waals surface area contributed by atoms with Gasteiger partial charge in [0, 0.05) is 10.3 Å². The maximum absolute atomic E-state index is 4.68. The van der Waals surface area contributed by atoms with Crippen molar-refractivity contribution in [1.29, 1.82) is 0 Å². The van der Waals surface area contributed by atoms with Gasteiger partial charge in [0.25, 0.3) is 0 Å². The highest BCUT2D eigenvalue weighted by Crippen LogP contribution is 2.39. The number of aryl methyl sites for hydroxylation is 1. The summed E-state index contributed by atoms with van der Waals surface area (Å²) in [6.45, 7) is 15.9. The van der Waals surface area contributed by atoms with Gasteiger partial charge in [-0.25, -0.2) is 0 Å². The fourth-order valence-electron chi connectivity index (χ4n) is 2.43. The molecule has 1 heterocycles. The minimum atomic E-state index is 0.158. The van der Waals surface area contributed by atoms with Crippen LogP contribution in [0.3, 0.4) is 0 Å². The molecule has 0 bridgehead atoms. The van der Waals surface area contributed by atoms with E-state index in [0.717, 1.165) is 0 Å². The molecule has 0 radical (unpaired) electrons. The lowest BCUT2D eigenvalue weighted by Gasteiger charge is -2.29. The predicted octanol–water partition coefficient (Wildman–Crippen LogP) is 4.83. The van der Waals surface area contributed by atoms with Crippen molar-refractivity contribution in [3.05, 3.63) is 16.1 Å². The highest BCUT2D eigenvalue weighted by Gasteiger charge is 2.32. The maximum Gasteiger partial charge on any atom is 0.0635 e. The maximum atomic E-state index is 4.68. The van der Waals surface area contributed by atoms with E-state index in [9.17, 15) is 0 Å². The highest BCUT2D eigenvalue weighted by atomic mass is 32.1. The molecule has 2 heteroatoms. The van der Waals surface area contributed by atoms with Crippen molar-refractivity contribution in [3.8, 4) is 0 Å². The summed E-state index contributed by atoms with van der Waals surface area (Å²) in [4.78, 5) is 1.39. The van der Waals surface area contributed by atoms with E-state index in [1.807, 2.05) is 0 Å². The third-order valence-corrected chi connectivity index (χ3v) is 3.88. The Labute approximate surface area is 104 Å². The summed E-state index contributed by atoms with van der Waals surface area (Å²) in [5.74, 6) is 0. The van der Waals surface area contributed by atoms with Crippen molar-refractivity contribution in [2.75, 3.05) is 0 Å². The molecule has 0 amide bonds. The van der Waals surface area contributed by atoms with Crippen molar-refractivity contribution >= 4 is 11.5 Å². The summed E-state index contributed by atoms with van der Waals surface area (Å²) in [5, 5.41) is 0. The standard InChI is InChI=1S/C14H25NS/c1-8-9-14(6,7)11-10(2)16-15-12(11)13(3,4)5/h8-9H2,1-7H3. The molecule has 0 aliphatic rings. The Morgan fingerprint density at radius 1 is 1.12 bits per heavy atom. The van der Waals surface area contributed by atoms with Crippen LogP contribution in [0.5, 0.6) is 0 Å². The Morgan fingerprint density at radius 2 is 1.69 bits per heavy atom. The molecule has 0 unspecified atom stereocenters. The Hall–Kier alpha value is -0.370. The number of nitrogens with zero attached hydrogens (tertiary/aromatic N) is 1. The molecule has 0 aliphatic heterocycles. The fourth-order valence-corrected chi connectivity index (χ4v) is 3.49. The monoisotopic (exact) mass is 239 g/mol. The van der Waals surface area contributed by atoms with Crippen LogP contribution in [-0.4, -0.2) is 4.37 Å². The van der Waals surface area contributed by atoms with Gasteiger partial charge in [-0.05, 0) is 35.9 Å². The average molecular weight is 239 g/mol. The molecular weight excluding hydrogens is 214 g/mol. The normalized spacial score (nSPS) is 13.2. The first kappa shape index (κ1) is 13.7. The number of hydrogen-bond donors (Lipinski definition) is 0. The van der Waals surface area contributed by atoms with Gasteiger partial charge >= 0.3 is 0 Å². The van der Waals surface area contributed by atoms with Crippen molar-refractivity contribution in [2.45, 2.75) is 72.1 Å². The van der Waals surface area contributed by atoms with Crippen LogP contribution in [0.4, 0.5) is 0 Å². The zero-order valence-electron chi connectivity index (χ0n) is 11.8. The zero-order chi connectivity index (χ0) is 12.6. The summed E-state index contributed by atoms with van der Waals surface area (Å²) in [6, 6.07) is 0. The molecule has 0 N–H and O–H groups in total. The van der Waals surface area contributed by atoms with Crippen molar-refractivity contribution in [3.63, 3.8) is 0 Å². The molecular formula is C14H25NS. The minimum absolute atomic E-state index is 0.158. The van der Waals surface area contributed by atoms with E-state index < -0.39 is 0 Å². The topological polar surface area (TPSA) is 12.9 Å². The molecule has 1 nitrogen and oxygen atoms in total. The first-order chi connectivity index (χ1) is 7.20. The molecule has 0 atom stereocenters. The van der Waals surface area contributed by atoms with Gasteiger partial charge in [0.1, 0.15) is 0 Å². The van der Waals surface area contributed by atoms with Crippen LogP contribution in [0.1, 0.15) is 70.5 Å². The molecule has 0 saturated carbocycles. The SMILES string of the molecule is CCCC(C)(C)c1c(C(C)(C)C)nsc1C. The van der Waals surface area contributed by atoms with Gasteiger partial charge in [-0.1, -0.05) is 48.0 Å². The molecule has 16 heavy (non-hydrogen) atoms. The second-order valence-corrected chi connectivity index (χ2v) is 7.32. The van der Waals surface area contributed by atoms with Crippen molar-refractivity contribution in [2.24, 2.45) is 0 Å². The van der Waals surface area contributed by atoms with Gasteiger partial charge in [-0.15, -0.1) is 0 Å². The lowest BCUT2D eigenvalue weighted by atomic mass is 9.75. The first-order valence-corrected chi connectivity index (χ1v) is 6.94.